The molecule has 0 spiro atoms. The Labute approximate surface area is 130 Å². The van der Waals surface area contributed by atoms with E-state index in [4.69, 9.17) is 4.74 Å². The van der Waals surface area contributed by atoms with E-state index in [1.807, 2.05) is 39.0 Å². The van der Waals surface area contributed by atoms with Crippen molar-refractivity contribution < 1.29 is 13.9 Å². The van der Waals surface area contributed by atoms with Crippen molar-refractivity contribution in [3.63, 3.8) is 0 Å². The smallest absolute Gasteiger partial charge is 0.265 e. The van der Waals surface area contributed by atoms with Crippen LogP contribution in [-0.2, 0) is 4.79 Å². The van der Waals surface area contributed by atoms with Crippen molar-refractivity contribution in [1.29, 1.82) is 0 Å². The summed E-state index contributed by atoms with van der Waals surface area (Å²) in [6.45, 7) is 5.71. The second-order valence-corrected chi connectivity index (χ2v) is 5.25. The minimum absolute atomic E-state index is 0.0884. The monoisotopic (exact) mass is 301 g/mol. The number of hydrogen-bond donors (Lipinski definition) is 1. The molecule has 0 radical (unpaired) electrons. The predicted molar refractivity (Wildman–Crippen MR) is 85.7 cm³/mol. The van der Waals surface area contributed by atoms with E-state index < -0.39 is 11.9 Å². The highest BCUT2D eigenvalue weighted by Crippen LogP contribution is 2.20. The van der Waals surface area contributed by atoms with Crippen LogP contribution in [0.25, 0.3) is 0 Å². The normalized spacial score (nSPS) is 11.8. The standard InChI is InChI=1S/C18H20FNO2/c1-4-16(22-17-8-6-5-7-14(17)19)18(21)20-15-11-12(2)9-10-13(15)3/h5-11,16H,4H2,1-3H3,(H,20,21)/t16-/m0/s1. The molecular weight excluding hydrogens is 281 g/mol. The molecule has 116 valence electrons. The van der Waals surface area contributed by atoms with Crippen molar-refractivity contribution in [3.8, 4) is 5.75 Å². The molecule has 22 heavy (non-hydrogen) atoms. The lowest BCUT2D eigenvalue weighted by molar-refractivity contribution is -0.122. The Balaban J connectivity index is 2.12. The van der Waals surface area contributed by atoms with Crippen LogP contribution in [0.3, 0.4) is 0 Å². The van der Waals surface area contributed by atoms with E-state index in [2.05, 4.69) is 5.32 Å². The first-order chi connectivity index (χ1) is 10.5. The summed E-state index contributed by atoms with van der Waals surface area (Å²) in [4.78, 5) is 12.4. The second kappa shape index (κ2) is 7.07. The van der Waals surface area contributed by atoms with Gasteiger partial charge >= 0.3 is 0 Å². The number of anilines is 1. The number of rotatable bonds is 5. The number of para-hydroxylation sites is 1. The summed E-state index contributed by atoms with van der Waals surface area (Å²) in [5.74, 6) is -0.662. The molecule has 2 aromatic rings. The first-order valence-corrected chi connectivity index (χ1v) is 7.30. The Morgan fingerprint density at radius 2 is 1.95 bits per heavy atom. The first kappa shape index (κ1) is 16.0. The number of benzene rings is 2. The van der Waals surface area contributed by atoms with Crippen LogP contribution in [0, 0.1) is 19.7 Å². The number of hydrogen-bond acceptors (Lipinski definition) is 2. The third-order valence-electron chi connectivity index (χ3n) is 3.42. The molecule has 0 bridgehead atoms. The zero-order chi connectivity index (χ0) is 16.1. The Morgan fingerprint density at radius 1 is 1.23 bits per heavy atom. The van der Waals surface area contributed by atoms with Crippen LogP contribution in [0.5, 0.6) is 5.75 Å². The molecule has 1 amide bonds. The fourth-order valence-corrected chi connectivity index (χ4v) is 2.10. The Morgan fingerprint density at radius 3 is 2.64 bits per heavy atom. The first-order valence-electron chi connectivity index (χ1n) is 7.30. The highest BCUT2D eigenvalue weighted by Gasteiger charge is 2.20. The molecule has 0 saturated heterocycles. The van der Waals surface area contributed by atoms with E-state index in [0.29, 0.717) is 6.42 Å². The van der Waals surface area contributed by atoms with Crippen LogP contribution in [0.1, 0.15) is 24.5 Å². The third kappa shape index (κ3) is 3.85. The number of amides is 1. The highest BCUT2D eigenvalue weighted by molar-refractivity contribution is 5.95. The summed E-state index contributed by atoms with van der Waals surface area (Å²) in [6, 6.07) is 11.9. The molecule has 2 rings (SSSR count). The largest absolute Gasteiger partial charge is 0.478 e. The second-order valence-electron chi connectivity index (χ2n) is 5.25. The van der Waals surface area contributed by atoms with Crippen molar-refractivity contribution in [2.24, 2.45) is 0 Å². The fraction of sp³-hybridized carbons (Fsp3) is 0.278. The minimum atomic E-state index is -0.739. The van der Waals surface area contributed by atoms with Gasteiger partial charge in [0, 0.05) is 5.69 Å². The zero-order valence-corrected chi connectivity index (χ0v) is 13.0. The lowest BCUT2D eigenvalue weighted by atomic mass is 10.1. The van der Waals surface area contributed by atoms with Crippen LogP contribution < -0.4 is 10.1 Å². The molecule has 0 aliphatic heterocycles. The number of carbonyl (C=O) groups excluding carboxylic acids is 1. The molecule has 0 fully saturated rings. The maximum absolute atomic E-state index is 13.6. The van der Waals surface area contributed by atoms with Gasteiger partial charge in [-0.05, 0) is 49.6 Å². The SMILES string of the molecule is CC[C@H](Oc1ccccc1F)C(=O)Nc1cc(C)ccc1C. The average Bonchev–Trinajstić information content (AvgIpc) is 2.50. The highest BCUT2D eigenvalue weighted by atomic mass is 19.1. The molecule has 3 nitrogen and oxygen atoms in total. The van der Waals surface area contributed by atoms with Crippen molar-refractivity contribution in [1.82, 2.24) is 0 Å². The molecule has 0 saturated carbocycles. The van der Waals surface area contributed by atoms with Gasteiger partial charge in [-0.2, -0.15) is 0 Å². The topological polar surface area (TPSA) is 38.3 Å². The Kier molecular flexibility index (Phi) is 5.15. The van der Waals surface area contributed by atoms with E-state index in [1.165, 1.54) is 12.1 Å². The van der Waals surface area contributed by atoms with Gasteiger partial charge in [0.05, 0.1) is 0 Å². The van der Waals surface area contributed by atoms with Gasteiger partial charge in [-0.15, -0.1) is 0 Å². The number of aryl methyl sites for hydroxylation is 2. The summed E-state index contributed by atoms with van der Waals surface area (Å²) in [5.41, 5.74) is 2.78. The summed E-state index contributed by atoms with van der Waals surface area (Å²) >= 11 is 0. The number of nitrogens with one attached hydrogen (secondary N) is 1. The van der Waals surface area contributed by atoms with Gasteiger partial charge in [-0.25, -0.2) is 4.39 Å². The maximum atomic E-state index is 13.6. The molecule has 4 heteroatoms. The van der Waals surface area contributed by atoms with E-state index in [0.717, 1.165) is 16.8 Å². The molecule has 1 atom stereocenters. The van der Waals surface area contributed by atoms with Gasteiger partial charge in [0.1, 0.15) is 0 Å². The quantitative estimate of drug-likeness (QED) is 0.897. The maximum Gasteiger partial charge on any atom is 0.265 e. The van der Waals surface area contributed by atoms with E-state index >= 15 is 0 Å². The van der Waals surface area contributed by atoms with Crippen molar-refractivity contribution in [3.05, 3.63) is 59.4 Å². The van der Waals surface area contributed by atoms with E-state index in [-0.39, 0.29) is 11.7 Å². The van der Waals surface area contributed by atoms with Crippen LogP contribution in [0.15, 0.2) is 42.5 Å². The van der Waals surface area contributed by atoms with Crippen molar-refractivity contribution >= 4 is 11.6 Å². The lowest BCUT2D eigenvalue weighted by Gasteiger charge is -2.18. The molecular formula is C18H20FNO2. The predicted octanol–water partition coefficient (Wildman–Crippen LogP) is 4.24. The molecule has 2 aromatic carbocycles. The van der Waals surface area contributed by atoms with Crippen molar-refractivity contribution in [2.45, 2.75) is 33.3 Å². The molecule has 0 heterocycles. The van der Waals surface area contributed by atoms with Gasteiger partial charge in [0.2, 0.25) is 0 Å². The number of ether oxygens (including phenoxy) is 1. The summed E-state index contributed by atoms with van der Waals surface area (Å²) in [7, 11) is 0. The molecule has 1 N–H and O–H groups in total. The van der Waals surface area contributed by atoms with E-state index in [1.54, 1.807) is 12.1 Å². The van der Waals surface area contributed by atoms with E-state index in [9.17, 15) is 9.18 Å². The average molecular weight is 301 g/mol. The Bertz CT molecular complexity index is 670. The number of halogens is 1. The van der Waals surface area contributed by atoms with Gasteiger partial charge < -0.3 is 10.1 Å². The fourth-order valence-electron chi connectivity index (χ4n) is 2.10. The van der Waals surface area contributed by atoms with Gasteiger partial charge in [-0.3, -0.25) is 4.79 Å². The Hall–Kier alpha value is -2.36. The van der Waals surface area contributed by atoms with Gasteiger partial charge in [0.25, 0.3) is 5.91 Å². The number of carbonyl (C=O) groups is 1. The van der Waals surface area contributed by atoms with Crippen LogP contribution in [-0.4, -0.2) is 12.0 Å². The third-order valence-corrected chi connectivity index (χ3v) is 3.42. The molecule has 0 aromatic heterocycles. The molecule has 0 aliphatic rings. The van der Waals surface area contributed by atoms with Crippen LogP contribution in [0.2, 0.25) is 0 Å². The summed E-state index contributed by atoms with van der Waals surface area (Å²) in [6.07, 6.45) is -0.290. The van der Waals surface area contributed by atoms with Gasteiger partial charge in [-0.1, -0.05) is 31.2 Å². The summed E-state index contributed by atoms with van der Waals surface area (Å²) < 4.78 is 19.1. The molecule has 0 aliphatic carbocycles. The van der Waals surface area contributed by atoms with Crippen LogP contribution in [0.4, 0.5) is 10.1 Å². The van der Waals surface area contributed by atoms with Crippen molar-refractivity contribution in [2.75, 3.05) is 5.32 Å². The molecule has 0 unspecified atom stereocenters. The summed E-state index contributed by atoms with van der Waals surface area (Å²) in [5, 5.41) is 2.86. The lowest BCUT2D eigenvalue weighted by Crippen LogP contribution is -2.32. The van der Waals surface area contributed by atoms with Gasteiger partial charge in [0.15, 0.2) is 17.7 Å². The van der Waals surface area contributed by atoms with Crippen LogP contribution >= 0.6 is 0 Å². The zero-order valence-electron chi connectivity index (χ0n) is 13.0. The minimum Gasteiger partial charge on any atom is -0.478 e.